The molecule has 1 heterocycles. The van der Waals surface area contributed by atoms with Crippen molar-refractivity contribution in [1.29, 1.82) is 0 Å². The Labute approximate surface area is 108 Å². The Bertz CT molecular complexity index is 511. The zero-order valence-electron chi connectivity index (χ0n) is 10.8. The second-order valence-electron chi connectivity index (χ2n) is 3.99. The van der Waals surface area contributed by atoms with Crippen LogP contribution in [0.25, 0.3) is 11.3 Å². The van der Waals surface area contributed by atoms with Gasteiger partial charge in [-0.15, -0.1) is 0 Å². The second-order valence-corrected chi connectivity index (χ2v) is 3.99. The summed E-state index contributed by atoms with van der Waals surface area (Å²) in [5.74, 6) is 0.807. The van der Waals surface area contributed by atoms with Crippen molar-refractivity contribution in [3.05, 3.63) is 48.2 Å². The first kappa shape index (κ1) is 12.6. The molecule has 0 fully saturated rings. The molecule has 1 aromatic carbocycles. The van der Waals surface area contributed by atoms with E-state index in [-0.39, 0.29) is 0 Å². The fourth-order valence-electron chi connectivity index (χ4n) is 1.92. The molecule has 1 aromatic heterocycles. The van der Waals surface area contributed by atoms with E-state index >= 15 is 0 Å². The van der Waals surface area contributed by atoms with E-state index in [4.69, 9.17) is 4.74 Å². The zero-order chi connectivity index (χ0) is 12.8. The van der Waals surface area contributed by atoms with Crippen LogP contribution in [0.3, 0.4) is 0 Å². The summed E-state index contributed by atoms with van der Waals surface area (Å²) < 4.78 is 5.38. The number of ether oxygens (including phenoxy) is 1. The third kappa shape index (κ3) is 2.68. The van der Waals surface area contributed by atoms with E-state index in [1.165, 1.54) is 5.56 Å². The van der Waals surface area contributed by atoms with Crippen molar-refractivity contribution >= 4 is 0 Å². The quantitative estimate of drug-likeness (QED) is 0.875. The maximum Gasteiger partial charge on any atom is 0.145 e. The molecule has 0 spiro atoms. The predicted octanol–water partition coefficient (Wildman–Crippen LogP) is 2.87. The number of nitrogens with zero attached hydrogens (tertiary/aromatic N) is 1. The molecular weight excluding hydrogens is 224 g/mol. The van der Waals surface area contributed by atoms with Crippen molar-refractivity contribution in [2.24, 2.45) is 0 Å². The van der Waals surface area contributed by atoms with Crippen molar-refractivity contribution in [2.45, 2.75) is 13.5 Å². The van der Waals surface area contributed by atoms with Crippen LogP contribution in [0.2, 0.25) is 0 Å². The second kappa shape index (κ2) is 6.17. The molecule has 3 heteroatoms. The molecule has 0 aliphatic heterocycles. The Kier molecular flexibility index (Phi) is 4.31. The van der Waals surface area contributed by atoms with Gasteiger partial charge in [0.05, 0.1) is 7.11 Å². The van der Waals surface area contributed by atoms with E-state index in [1.807, 2.05) is 24.3 Å². The Morgan fingerprint density at radius 1 is 1.17 bits per heavy atom. The molecule has 1 N–H and O–H groups in total. The van der Waals surface area contributed by atoms with Crippen molar-refractivity contribution in [2.75, 3.05) is 13.7 Å². The van der Waals surface area contributed by atoms with Crippen LogP contribution in [0.1, 0.15) is 12.5 Å². The van der Waals surface area contributed by atoms with Crippen LogP contribution in [0.5, 0.6) is 5.75 Å². The lowest BCUT2D eigenvalue weighted by Crippen LogP contribution is -2.12. The summed E-state index contributed by atoms with van der Waals surface area (Å²) in [5.41, 5.74) is 3.25. The minimum absolute atomic E-state index is 0.807. The summed E-state index contributed by atoms with van der Waals surface area (Å²) in [5, 5.41) is 3.34. The van der Waals surface area contributed by atoms with Crippen LogP contribution >= 0.6 is 0 Å². The molecule has 0 radical (unpaired) electrons. The summed E-state index contributed by atoms with van der Waals surface area (Å²) in [6.07, 6.45) is 1.79. The van der Waals surface area contributed by atoms with Gasteiger partial charge in [-0.25, -0.2) is 0 Å². The monoisotopic (exact) mass is 242 g/mol. The number of aromatic nitrogens is 1. The number of benzene rings is 1. The number of rotatable bonds is 5. The van der Waals surface area contributed by atoms with E-state index in [1.54, 1.807) is 13.3 Å². The molecule has 0 aliphatic rings. The van der Waals surface area contributed by atoms with E-state index in [0.717, 1.165) is 30.1 Å². The molecular formula is C15H18N2O. The Hall–Kier alpha value is -1.87. The molecule has 0 aliphatic carbocycles. The number of hydrogen-bond acceptors (Lipinski definition) is 3. The number of nitrogens with one attached hydrogen (secondary N) is 1. The minimum Gasteiger partial charge on any atom is -0.494 e. The molecule has 0 saturated carbocycles. The summed E-state index contributed by atoms with van der Waals surface area (Å²) >= 11 is 0. The molecule has 94 valence electrons. The molecule has 0 unspecified atom stereocenters. The van der Waals surface area contributed by atoms with Gasteiger partial charge in [-0.2, -0.15) is 0 Å². The van der Waals surface area contributed by atoms with Gasteiger partial charge < -0.3 is 10.1 Å². The van der Waals surface area contributed by atoms with Crippen molar-refractivity contribution in [3.8, 4) is 17.0 Å². The van der Waals surface area contributed by atoms with Crippen LogP contribution in [0.4, 0.5) is 0 Å². The summed E-state index contributed by atoms with van der Waals surface area (Å²) in [7, 11) is 1.67. The fourth-order valence-corrected chi connectivity index (χ4v) is 1.92. The highest BCUT2D eigenvalue weighted by molar-refractivity contribution is 5.69. The molecule has 2 rings (SSSR count). The molecule has 18 heavy (non-hydrogen) atoms. The summed E-state index contributed by atoms with van der Waals surface area (Å²) in [6.45, 7) is 3.89. The molecule has 3 nitrogen and oxygen atoms in total. The van der Waals surface area contributed by atoms with Gasteiger partial charge >= 0.3 is 0 Å². The van der Waals surface area contributed by atoms with E-state index in [9.17, 15) is 0 Å². The smallest absolute Gasteiger partial charge is 0.145 e. The summed E-state index contributed by atoms with van der Waals surface area (Å²) in [4.78, 5) is 4.44. The van der Waals surface area contributed by atoms with Gasteiger partial charge in [-0.05, 0) is 24.2 Å². The van der Waals surface area contributed by atoms with Crippen LogP contribution < -0.4 is 10.1 Å². The SMILES string of the molecule is CCNCc1ccccc1-c1ncccc1OC. The van der Waals surface area contributed by atoms with Crippen LogP contribution in [-0.4, -0.2) is 18.6 Å². The highest BCUT2D eigenvalue weighted by Crippen LogP contribution is 2.29. The highest BCUT2D eigenvalue weighted by Gasteiger charge is 2.10. The standard InChI is InChI=1S/C15H18N2O/c1-3-16-11-12-7-4-5-8-13(12)15-14(18-2)9-6-10-17-15/h4-10,16H,3,11H2,1-2H3. The van der Waals surface area contributed by atoms with Crippen LogP contribution in [-0.2, 0) is 6.54 Å². The lowest BCUT2D eigenvalue weighted by molar-refractivity contribution is 0.415. The highest BCUT2D eigenvalue weighted by atomic mass is 16.5. The molecule has 2 aromatic rings. The minimum atomic E-state index is 0.807. The number of hydrogen-bond donors (Lipinski definition) is 1. The van der Waals surface area contributed by atoms with E-state index in [0.29, 0.717) is 0 Å². The normalized spacial score (nSPS) is 10.3. The van der Waals surface area contributed by atoms with Gasteiger partial charge in [-0.1, -0.05) is 31.2 Å². The van der Waals surface area contributed by atoms with E-state index < -0.39 is 0 Å². The average Bonchev–Trinajstić information content (AvgIpc) is 2.45. The maximum atomic E-state index is 5.38. The van der Waals surface area contributed by atoms with Gasteiger partial charge in [0.15, 0.2) is 0 Å². The molecule has 0 atom stereocenters. The van der Waals surface area contributed by atoms with Crippen molar-refractivity contribution in [1.82, 2.24) is 10.3 Å². The van der Waals surface area contributed by atoms with Gasteiger partial charge in [0.2, 0.25) is 0 Å². The third-order valence-electron chi connectivity index (χ3n) is 2.83. The van der Waals surface area contributed by atoms with Crippen molar-refractivity contribution < 1.29 is 4.74 Å². The Balaban J connectivity index is 2.43. The van der Waals surface area contributed by atoms with Crippen LogP contribution in [0, 0.1) is 0 Å². The predicted molar refractivity (Wildman–Crippen MR) is 73.6 cm³/mol. The maximum absolute atomic E-state index is 5.38. The number of methoxy groups -OCH3 is 1. The van der Waals surface area contributed by atoms with Gasteiger partial charge in [0.25, 0.3) is 0 Å². The first-order chi connectivity index (χ1) is 8.86. The first-order valence-electron chi connectivity index (χ1n) is 6.14. The summed E-state index contributed by atoms with van der Waals surface area (Å²) in [6, 6.07) is 12.1. The van der Waals surface area contributed by atoms with Crippen molar-refractivity contribution in [3.63, 3.8) is 0 Å². The van der Waals surface area contributed by atoms with Gasteiger partial charge in [0.1, 0.15) is 11.4 Å². The Morgan fingerprint density at radius 2 is 2.00 bits per heavy atom. The van der Waals surface area contributed by atoms with Crippen LogP contribution in [0.15, 0.2) is 42.6 Å². The lowest BCUT2D eigenvalue weighted by Gasteiger charge is -2.12. The number of pyridine rings is 1. The largest absolute Gasteiger partial charge is 0.494 e. The topological polar surface area (TPSA) is 34.2 Å². The average molecular weight is 242 g/mol. The fraction of sp³-hybridized carbons (Fsp3) is 0.267. The lowest BCUT2D eigenvalue weighted by atomic mass is 10.0. The first-order valence-corrected chi connectivity index (χ1v) is 6.14. The Morgan fingerprint density at radius 3 is 2.78 bits per heavy atom. The molecule has 0 bridgehead atoms. The van der Waals surface area contributed by atoms with E-state index in [2.05, 4.69) is 29.4 Å². The third-order valence-corrected chi connectivity index (χ3v) is 2.83. The van der Waals surface area contributed by atoms with Gasteiger partial charge in [0, 0.05) is 18.3 Å². The van der Waals surface area contributed by atoms with Gasteiger partial charge in [-0.3, -0.25) is 4.98 Å². The zero-order valence-corrected chi connectivity index (χ0v) is 10.8. The molecule has 0 saturated heterocycles. The molecule has 0 amide bonds.